The van der Waals surface area contributed by atoms with Crippen molar-refractivity contribution < 1.29 is 4.42 Å². The van der Waals surface area contributed by atoms with Gasteiger partial charge in [0.25, 0.3) is 0 Å². The topological polar surface area (TPSA) is 28.4 Å². The summed E-state index contributed by atoms with van der Waals surface area (Å²) in [6, 6.07) is 2.02. The highest BCUT2D eigenvalue weighted by molar-refractivity contribution is 5.16. The number of hydrogen-bond acceptors (Lipinski definition) is 3. The van der Waals surface area contributed by atoms with Crippen LogP contribution in [0.25, 0.3) is 0 Å². The summed E-state index contributed by atoms with van der Waals surface area (Å²) in [7, 11) is 3.98. The molecular weight excluding hydrogens is 176 g/mol. The predicted octanol–water partition coefficient (Wildman–Crippen LogP) is 1.62. The molecule has 1 heterocycles. The molecule has 0 bridgehead atoms. The van der Waals surface area contributed by atoms with Crippen LogP contribution in [0.15, 0.2) is 29.4 Å². The summed E-state index contributed by atoms with van der Waals surface area (Å²) in [5, 5.41) is 3.08. The van der Waals surface area contributed by atoms with Crippen molar-refractivity contribution in [1.29, 1.82) is 0 Å². The van der Waals surface area contributed by atoms with Crippen LogP contribution in [0.1, 0.15) is 11.3 Å². The van der Waals surface area contributed by atoms with Gasteiger partial charge in [-0.25, -0.2) is 0 Å². The standard InChI is InChI=1S/C11H18N2O/c1-4-6-13(3)9-10-5-7-14-11(10)8-12-2/h4-5,7,12H,1,6,8-9H2,2-3H3. The minimum absolute atomic E-state index is 0.782. The zero-order valence-electron chi connectivity index (χ0n) is 8.92. The van der Waals surface area contributed by atoms with E-state index in [1.807, 2.05) is 19.2 Å². The molecule has 1 aromatic heterocycles. The Morgan fingerprint density at radius 1 is 1.64 bits per heavy atom. The Morgan fingerprint density at radius 3 is 3.07 bits per heavy atom. The van der Waals surface area contributed by atoms with Gasteiger partial charge in [0.05, 0.1) is 12.8 Å². The SMILES string of the molecule is C=CCN(C)Cc1ccoc1CNC. The fourth-order valence-corrected chi connectivity index (χ4v) is 1.40. The highest BCUT2D eigenvalue weighted by atomic mass is 16.3. The largest absolute Gasteiger partial charge is 0.468 e. The van der Waals surface area contributed by atoms with Crippen LogP contribution in [0.3, 0.4) is 0 Å². The molecule has 0 saturated carbocycles. The minimum atomic E-state index is 0.782. The molecule has 1 rings (SSSR count). The molecule has 0 radical (unpaired) electrons. The normalized spacial score (nSPS) is 10.8. The average Bonchev–Trinajstić information content (AvgIpc) is 2.54. The Kier molecular flexibility index (Phi) is 4.43. The molecule has 0 spiro atoms. The molecule has 0 aliphatic carbocycles. The molecule has 14 heavy (non-hydrogen) atoms. The second kappa shape index (κ2) is 5.62. The van der Waals surface area contributed by atoms with Crippen molar-refractivity contribution in [3.05, 3.63) is 36.3 Å². The van der Waals surface area contributed by atoms with Crippen molar-refractivity contribution in [3.8, 4) is 0 Å². The lowest BCUT2D eigenvalue weighted by Crippen LogP contribution is -2.18. The van der Waals surface area contributed by atoms with E-state index < -0.39 is 0 Å². The molecule has 0 saturated heterocycles. The molecule has 0 aliphatic heterocycles. The van der Waals surface area contributed by atoms with Gasteiger partial charge in [-0.1, -0.05) is 6.08 Å². The van der Waals surface area contributed by atoms with Gasteiger partial charge in [0.2, 0.25) is 0 Å². The Morgan fingerprint density at radius 2 is 2.43 bits per heavy atom. The van der Waals surface area contributed by atoms with Gasteiger partial charge in [-0.3, -0.25) is 4.90 Å². The van der Waals surface area contributed by atoms with Crippen LogP contribution in [-0.2, 0) is 13.1 Å². The van der Waals surface area contributed by atoms with Crippen LogP contribution in [-0.4, -0.2) is 25.5 Å². The van der Waals surface area contributed by atoms with Gasteiger partial charge in [-0.15, -0.1) is 6.58 Å². The first-order valence-corrected chi connectivity index (χ1v) is 4.77. The number of nitrogens with zero attached hydrogens (tertiary/aromatic N) is 1. The smallest absolute Gasteiger partial charge is 0.122 e. The quantitative estimate of drug-likeness (QED) is 0.697. The summed E-state index contributed by atoms with van der Waals surface area (Å²) in [5.74, 6) is 1.02. The number of likely N-dealkylation sites (N-methyl/N-ethyl adjacent to an activating group) is 1. The van der Waals surface area contributed by atoms with E-state index in [9.17, 15) is 0 Å². The molecule has 0 fully saturated rings. The predicted molar refractivity (Wildman–Crippen MR) is 58.0 cm³/mol. The molecule has 3 heteroatoms. The number of hydrogen-bond donors (Lipinski definition) is 1. The van der Waals surface area contributed by atoms with Gasteiger partial charge < -0.3 is 9.73 Å². The van der Waals surface area contributed by atoms with Crippen molar-refractivity contribution in [2.45, 2.75) is 13.1 Å². The van der Waals surface area contributed by atoms with Gasteiger partial charge in [-0.05, 0) is 20.2 Å². The number of rotatable bonds is 6. The van der Waals surface area contributed by atoms with E-state index in [1.165, 1.54) is 5.56 Å². The van der Waals surface area contributed by atoms with E-state index in [2.05, 4.69) is 23.8 Å². The van der Waals surface area contributed by atoms with E-state index in [0.717, 1.165) is 25.4 Å². The Hall–Kier alpha value is -1.06. The molecule has 0 amide bonds. The lowest BCUT2D eigenvalue weighted by atomic mass is 10.2. The van der Waals surface area contributed by atoms with E-state index in [1.54, 1.807) is 6.26 Å². The first-order valence-electron chi connectivity index (χ1n) is 4.77. The van der Waals surface area contributed by atoms with Gasteiger partial charge >= 0.3 is 0 Å². The highest BCUT2D eigenvalue weighted by Crippen LogP contribution is 2.12. The van der Waals surface area contributed by atoms with Gasteiger partial charge in [0.15, 0.2) is 0 Å². The zero-order valence-corrected chi connectivity index (χ0v) is 8.92. The summed E-state index contributed by atoms with van der Waals surface area (Å²) < 4.78 is 5.37. The maximum Gasteiger partial charge on any atom is 0.122 e. The molecule has 0 unspecified atom stereocenters. The third-order valence-corrected chi connectivity index (χ3v) is 2.06. The molecule has 3 nitrogen and oxygen atoms in total. The number of nitrogens with one attached hydrogen (secondary N) is 1. The van der Waals surface area contributed by atoms with Gasteiger partial charge in [-0.2, -0.15) is 0 Å². The monoisotopic (exact) mass is 194 g/mol. The Bertz CT molecular complexity index is 281. The van der Waals surface area contributed by atoms with E-state index >= 15 is 0 Å². The van der Waals surface area contributed by atoms with E-state index in [0.29, 0.717) is 0 Å². The lowest BCUT2D eigenvalue weighted by molar-refractivity contribution is 0.357. The summed E-state index contributed by atoms with van der Waals surface area (Å²) in [5.41, 5.74) is 1.24. The first kappa shape index (κ1) is 11.0. The summed E-state index contributed by atoms with van der Waals surface area (Å²) in [6.45, 7) is 6.29. The average molecular weight is 194 g/mol. The maximum atomic E-state index is 5.37. The van der Waals surface area contributed by atoms with E-state index in [4.69, 9.17) is 4.42 Å². The summed E-state index contributed by atoms with van der Waals surface area (Å²) in [4.78, 5) is 2.19. The van der Waals surface area contributed by atoms with Gasteiger partial charge in [0.1, 0.15) is 5.76 Å². The third-order valence-electron chi connectivity index (χ3n) is 2.06. The highest BCUT2D eigenvalue weighted by Gasteiger charge is 2.06. The second-order valence-electron chi connectivity index (χ2n) is 3.38. The van der Waals surface area contributed by atoms with Crippen molar-refractivity contribution in [1.82, 2.24) is 10.2 Å². The number of furan rings is 1. The van der Waals surface area contributed by atoms with Crippen molar-refractivity contribution in [3.63, 3.8) is 0 Å². The Balaban J connectivity index is 2.56. The fourth-order valence-electron chi connectivity index (χ4n) is 1.40. The minimum Gasteiger partial charge on any atom is -0.468 e. The van der Waals surface area contributed by atoms with Crippen LogP contribution >= 0.6 is 0 Å². The lowest BCUT2D eigenvalue weighted by Gasteiger charge is -2.13. The van der Waals surface area contributed by atoms with Crippen molar-refractivity contribution in [2.75, 3.05) is 20.6 Å². The molecular formula is C11H18N2O. The molecule has 0 aliphatic rings. The van der Waals surface area contributed by atoms with Crippen LogP contribution in [0, 0.1) is 0 Å². The zero-order chi connectivity index (χ0) is 10.4. The van der Waals surface area contributed by atoms with Crippen LogP contribution < -0.4 is 5.32 Å². The summed E-state index contributed by atoms with van der Waals surface area (Å²) >= 11 is 0. The van der Waals surface area contributed by atoms with Gasteiger partial charge in [0, 0.05) is 18.7 Å². The summed E-state index contributed by atoms with van der Waals surface area (Å²) in [6.07, 6.45) is 3.64. The molecule has 0 aromatic carbocycles. The maximum absolute atomic E-state index is 5.37. The first-order chi connectivity index (χ1) is 6.77. The van der Waals surface area contributed by atoms with Crippen LogP contribution in [0.2, 0.25) is 0 Å². The molecule has 1 aromatic rings. The fraction of sp³-hybridized carbons (Fsp3) is 0.455. The van der Waals surface area contributed by atoms with E-state index in [-0.39, 0.29) is 0 Å². The Labute approximate surface area is 85.4 Å². The van der Waals surface area contributed by atoms with Crippen molar-refractivity contribution in [2.24, 2.45) is 0 Å². The molecule has 1 N–H and O–H groups in total. The third kappa shape index (κ3) is 3.01. The molecule has 0 atom stereocenters. The second-order valence-corrected chi connectivity index (χ2v) is 3.38. The van der Waals surface area contributed by atoms with Crippen LogP contribution in [0.4, 0.5) is 0 Å². The molecule has 78 valence electrons. The van der Waals surface area contributed by atoms with Crippen LogP contribution in [0.5, 0.6) is 0 Å². The van der Waals surface area contributed by atoms with Crippen molar-refractivity contribution >= 4 is 0 Å².